The molecule has 1 aliphatic heterocycles. The maximum atomic E-state index is 12.2. The van der Waals surface area contributed by atoms with E-state index in [-0.39, 0.29) is 5.82 Å². The summed E-state index contributed by atoms with van der Waals surface area (Å²) < 4.78 is 36.7. The maximum Gasteiger partial charge on any atom is 0.453 e. The number of hydrogen-bond donors (Lipinski definition) is 1. The minimum absolute atomic E-state index is 0.286. The monoisotopic (exact) mass is 234 g/mol. The first-order chi connectivity index (χ1) is 7.55. The number of H-pyrrole nitrogens is 1. The Labute approximate surface area is 90.9 Å². The number of likely N-dealkylation sites (tertiary alicyclic amines) is 1. The van der Waals surface area contributed by atoms with Gasteiger partial charge >= 0.3 is 6.18 Å². The molecule has 1 aromatic rings. The van der Waals surface area contributed by atoms with Gasteiger partial charge in [0.1, 0.15) is 5.82 Å². The molecule has 0 saturated carbocycles. The summed E-state index contributed by atoms with van der Waals surface area (Å²) >= 11 is 0. The van der Waals surface area contributed by atoms with Gasteiger partial charge in [0.2, 0.25) is 0 Å². The zero-order valence-corrected chi connectivity index (χ0v) is 8.72. The Morgan fingerprint density at radius 1 is 1.19 bits per heavy atom. The molecule has 0 aliphatic carbocycles. The first kappa shape index (κ1) is 11.4. The van der Waals surface area contributed by atoms with Gasteiger partial charge in [0.05, 0.1) is 6.54 Å². The maximum absolute atomic E-state index is 12.2. The molecule has 1 saturated heterocycles. The van der Waals surface area contributed by atoms with E-state index in [9.17, 15) is 13.2 Å². The first-order valence-electron chi connectivity index (χ1n) is 5.26. The predicted molar refractivity (Wildman–Crippen MR) is 50.5 cm³/mol. The van der Waals surface area contributed by atoms with Gasteiger partial charge < -0.3 is 0 Å². The van der Waals surface area contributed by atoms with Crippen molar-refractivity contribution in [2.75, 3.05) is 13.1 Å². The molecule has 1 fully saturated rings. The van der Waals surface area contributed by atoms with Crippen LogP contribution in [0.3, 0.4) is 0 Å². The van der Waals surface area contributed by atoms with Gasteiger partial charge in [-0.15, -0.1) is 5.10 Å². The van der Waals surface area contributed by atoms with Crippen molar-refractivity contribution in [3.63, 3.8) is 0 Å². The van der Waals surface area contributed by atoms with E-state index < -0.39 is 12.0 Å². The number of hydrogen-bond acceptors (Lipinski definition) is 3. The molecule has 1 aliphatic rings. The van der Waals surface area contributed by atoms with Gasteiger partial charge in [-0.2, -0.15) is 13.2 Å². The number of alkyl halides is 3. The van der Waals surface area contributed by atoms with Crippen molar-refractivity contribution < 1.29 is 13.2 Å². The fraction of sp³-hybridized carbons (Fsp3) is 0.778. The summed E-state index contributed by atoms with van der Waals surface area (Å²) in [5, 5.41) is 5.50. The highest BCUT2D eigenvalue weighted by molar-refractivity contribution is 4.94. The molecule has 0 bridgehead atoms. The lowest BCUT2D eigenvalue weighted by atomic mass is 10.1. The molecule has 16 heavy (non-hydrogen) atoms. The summed E-state index contributed by atoms with van der Waals surface area (Å²) in [6.45, 7) is 2.26. The second-order valence-corrected chi connectivity index (χ2v) is 3.94. The Kier molecular flexibility index (Phi) is 3.13. The highest BCUT2D eigenvalue weighted by Gasteiger charge is 2.36. The van der Waals surface area contributed by atoms with Gasteiger partial charge in [0, 0.05) is 0 Å². The van der Waals surface area contributed by atoms with Crippen molar-refractivity contribution in [3.8, 4) is 0 Å². The van der Waals surface area contributed by atoms with Crippen LogP contribution in [0.25, 0.3) is 0 Å². The molecule has 0 aromatic carbocycles. The Morgan fingerprint density at radius 3 is 2.44 bits per heavy atom. The topological polar surface area (TPSA) is 44.8 Å². The molecule has 0 unspecified atom stereocenters. The molecular formula is C9H13F3N4. The quantitative estimate of drug-likeness (QED) is 0.848. The van der Waals surface area contributed by atoms with Crippen molar-refractivity contribution in [2.24, 2.45) is 0 Å². The number of halogens is 3. The van der Waals surface area contributed by atoms with Crippen molar-refractivity contribution in [3.05, 3.63) is 11.6 Å². The number of rotatable bonds is 2. The first-order valence-corrected chi connectivity index (χ1v) is 5.26. The average Bonchev–Trinajstić information content (AvgIpc) is 2.67. The average molecular weight is 234 g/mol. The number of piperidine rings is 1. The van der Waals surface area contributed by atoms with Crippen LogP contribution in [0.4, 0.5) is 13.2 Å². The van der Waals surface area contributed by atoms with Crippen LogP contribution in [0.15, 0.2) is 0 Å². The molecule has 0 atom stereocenters. The third-order valence-corrected chi connectivity index (χ3v) is 2.61. The molecule has 2 rings (SSSR count). The molecule has 2 heterocycles. The second-order valence-electron chi connectivity index (χ2n) is 3.94. The van der Waals surface area contributed by atoms with Crippen molar-refractivity contribution in [1.29, 1.82) is 0 Å². The van der Waals surface area contributed by atoms with Gasteiger partial charge in [-0.05, 0) is 25.9 Å². The molecule has 0 radical (unpaired) electrons. The molecule has 0 spiro atoms. The van der Waals surface area contributed by atoms with E-state index in [1.54, 1.807) is 0 Å². The van der Waals surface area contributed by atoms with Gasteiger partial charge in [0.25, 0.3) is 5.82 Å². The second kappa shape index (κ2) is 4.40. The van der Waals surface area contributed by atoms with E-state index >= 15 is 0 Å². The molecule has 1 aromatic heterocycles. The molecule has 0 amide bonds. The number of nitrogens with one attached hydrogen (secondary N) is 1. The van der Waals surface area contributed by atoms with E-state index in [1.165, 1.54) is 6.42 Å². The van der Waals surface area contributed by atoms with E-state index in [1.807, 2.05) is 0 Å². The Hall–Kier alpha value is -1.11. The minimum atomic E-state index is -4.46. The zero-order valence-electron chi connectivity index (χ0n) is 8.72. The van der Waals surface area contributed by atoms with E-state index in [2.05, 4.69) is 20.1 Å². The number of nitrogens with zero attached hydrogens (tertiary/aromatic N) is 3. The summed E-state index contributed by atoms with van der Waals surface area (Å²) in [4.78, 5) is 5.53. The normalized spacial score (nSPS) is 18.9. The third kappa shape index (κ3) is 2.72. The van der Waals surface area contributed by atoms with Crippen LogP contribution < -0.4 is 0 Å². The highest BCUT2D eigenvalue weighted by atomic mass is 19.4. The molecule has 7 heteroatoms. The SMILES string of the molecule is FC(F)(F)c1n[nH]c(CN2CCCCC2)n1. The molecule has 90 valence electrons. The lowest BCUT2D eigenvalue weighted by Gasteiger charge is -2.24. The summed E-state index contributed by atoms with van der Waals surface area (Å²) in [5.74, 6) is -0.797. The Balaban J connectivity index is 1.97. The van der Waals surface area contributed by atoms with Crippen molar-refractivity contribution >= 4 is 0 Å². The summed E-state index contributed by atoms with van der Waals surface area (Å²) in [7, 11) is 0. The lowest BCUT2D eigenvalue weighted by molar-refractivity contribution is -0.144. The van der Waals surface area contributed by atoms with Crippen LogP contribution in [0.2, 0.25) is 0 Å². The summed E-state index contributed by atoms with van der Waals surface area (Å²) in [6, 6.07) is 0. The number of aromatic amines is 1. The highest BCUT2D eigenvalue weighted by Crippen LogP contribution is 2.25. The Bertz CT molecular complexity index is 341. The van der Waals surface area contributed by atoms with Gasteiger partial charge in [-0.25, -0.2) is 4.98 Å². The van der Waals surface area contributed by atoms with Gasteiger partial charge in [-0.1, -0.05) is 6.42 Å². The van der Waals surface area contributed by atoms with Crippen LogP contribution >= 0.6 is 0 Å². The van der Waals surface area contributed by atoms with Gasteiger partial charge in [-0.3, -0.25) is 10.00 Å². The van der Waals surface area contributed by atoms with Crippen molar-refractivity contribution in [1.82, 2.24) is 20.1 Å². The third-order valence-electron chi connectivity index (χ3n) is 2.61. The fourth-order valence-electron chi connectivity index (χ4n) is 1.82. The standard InChI is InChI=1S/C9H13F3N4/c10-9(11,12)8-13-7(14-15-8)6-16-4-2-1-3-5-16/h1-6H2,(H,13,14,15). The van der Waals surface area contributed by atoms with E-state index in [0.717, 1.165) is 25.9 Å². The fourth-order valence-corrected chi connectivity index (χ4v) is 1.82. The zero-order chi connectivity index (χ0) is 11.6. The van der Waals surface area contributed by atoms with Crippen LogP contribution in [-0.4, -0.2) is 33.2 Å². The van der Waals surface area contributed by atoms with E-state index in [0.29, 0.717) is 6.54 Å². The van der Waals surface area contributed by atoms with E-state index in [4.69, 9.17) is 0 Å². The Morgan fingerprint density at radius 2 is 1.88 bits per heavy atom. The lowest BCUT2D eigenvalue weighted by Crippen LogP contribution is -2.29. The predicted octanol–water partition coefficient (Wildman–Crippen LogP) is 1.81. The smallest absolute Gasteiger partial charge is 0.296 e. The van der Waals surface area contributed by atoms with Crippen molar-refractivity contribution in [2.45, 2.75) is 32.0 Å². The van der Waals surface area contributed by atoms with Crippen LogP contribution in [0, 0.1) is 0 Å². The van der Waals surface area contributed by atoms with Crippen LogP contribution in [0.1, 0.15) is 30.9 Å². The van der Waals surface area contributed by atoms with Gasteiger partial charge in [0.15, 0.2) is 0 Å². The summed E-state index contributed by atoms with van der Waals surface area (Å²) in [6.07, 6.45) is -1.07. The largest absolute Gasteiger partial charge is 0.453 e. The minimum Gasteiger partial charge on any atom is -0.296 e. The number of aromatic nitrogens is 3. The molecule has 1 N–H and O–H groups in total. The molecular weight excluding hydrogens is 221 g/mol. The van der Waals surface area contributed by atoms with Crippen LogP contribution in [0.5, 0.6) is 0 Å². The van der Waals surface area contributed by atoms with Crippen LogP contribution in [-0.2, 0) is 12.7 Å². The molecule has 4 nitrogen and oxygen atoms in total. The summed E-state index contributed by atoms with van der Waals surface area (Å²) in [5.41, 5.74) is 0.